The fourth-order valence-electron chi connectivity index (χ4n) is 1.97. The second-order valence-electron chi connectivity index (χ2n) is 4.85. The minimum Gasteiger partial charge on any atom is -0.481 e. The largest absolute Gasteiger partial charge is 0.481 e. The van der Waals surface area contributed by atoms with Crippen LogP contribution in [0.5, 0.6) is 0 Å². The summed E-state index contributed by atoms with van der Waals surface area (Å²) >= 11 is 3.26. The molecule has 0 spiro atoms. The van der Waals surface area contributed by atoms with E-state index in [2.05, 4.69) is 20.7 Å². The van der Waals surface area contributed by atoms with Gasteiger partial charge in [-0.1, -0.05) is 29.3 Å². The van der Waals surface area contributed by atoms with Gasteiger partial charge in [0.25, 0.3) is 0 Å². The topological polar surface area (TPSA) is 83.5 Å². The van der Waals surface area contributed by atoms with E-state index in [1.165, 1.54) is 12.1 Å². The smallest absolute Gasteiger partial charge is 0.303 e. The van der Waals surface area contributed by atoms with E-state index in [4.69, 9.17) is 5.11 Å². The lowest BCUT2D eigenvalue weighted by Crippen LogP contribution is -2.26. The summed E-state index contributed by atoms with van der Waals surface area (Å²) < 4.78 is 27.5. The van der Waals surface area contributed by atoms with Crippen LogP contribution in [0.15, 0.2) is 33.6 Å². The van der Waals surface area contributed by atoms with Crippen molar-refractivity contribution in [1.82, 2.24) is 4.72 Å². The van der Waals surface area contributed by atoms with E-state index in [9.17, 15) is 13.2 Å². The summed E-state index contributed by atoms with van der Waals surface area (Å²) in [5.74, 6) is -0.599. The van der Waals surface area contributed by atoms with Crippen molar-refractivity contribution in [2.75, 3.05) is 6.54 Å². The van der Waals surface area contributed by atoms with Gasteiger partial charge in [-0.3, -0.25) is 4.79 Å². The second-order valence-corrected chi connectivity index (χ2v) is 7.53. The molecule has 0 saturated heterocycles. The first kappa shape index (κ1) is 18.1. The van der Waals surface area contributed by atoms with Gasteiger partial charge < -0.3 is 5.11 Å². The number of sulfonamides is 1. The minimum atomic E-state index is -3.50. The Morgan fingerprint density at radius 2 is 1.90 bits per heavy atom. The minimum absolute atomic E-state index is 0.123. The van der Waals surface area contributed by atoms with Crippen LogP contribution < -0.4 is 4.72 Å². The number of hydrogen-bond acceptors (Lipinski definition) is 3. The van der Waals surface area contributed by atoms with Crippen molar-refractivity contribution in [2.45, 2.75) is 37.5 Å². The molecule has 0 radical (unpaired) electrons. The summed E-state index contributed by atoms with van der Waals surface area (Å²) in [6.07, 6.45) is 2.18. The number of carboxylic acid groups (broad SMARTS) is 1. The summed E-state index contributed by atoms with van der Waals surface area (Å²) in [4.78, 5) is 10.8. The number of hydrogen-bond donors (Lipinski definition) is 2. The molecule has 0 fully saturated rings. The van der Waals surface area contributed by atoms with Gasteiger partial charge in [-0.05, 0) is 43.0 Å². The van der Waals surface area contributed by atoms with Crippen molar-refractivity contribution in [3.05, 3.63) is 28.7 Å². The summed E-state index contributed by atoms with van der Waals surface area (Å²) in [6.45, 7) is 2.30. The molecule has 118 valence electrons. The van der Waals surface area contributed by atoms with Crippen molar-refractivity contribution in [1.29, 1.82) is 0 Å². The predicted molar refractivity (Wildman–Crippen MR) is 84.6 cm³/mol. The molecule has 2 N–H and O–H groups in total. The van der Waals surface area contributed by atoms with E-state index < -0.39 is 16.0 Å². The monoisotopic (exact) mass is 377 g/mol. The highest BCUT2D eigenvalue weighted by atomic mass is 79.9. The highest BCUT2D eigenvalue weighted by molar-refractivity contribution is 9.10. The maximum Gasteiger partial charge on any atom is 0.303 e. The molecule has 0 bridgehead atoms. The molecule has 0 heterocycles. The number of nitrogens with one attached hydrogen (secondary N) is 1. The number of carbonyl (C=O) groups is 1. The van der Waals surface area contributed by atoms with E-state index in [1.54, 1.807) is 12.1 Å². The zero-order chi connectivity index (χ0) is 15.9. The first-order chi connectivity index (χ1) is 9.85. The highest BCUT2D eigenvalue weighted by Gasteiger charge is 2.15. The molecule has 1 atom stereocenters. The summed E-state index contributed by atoms with van der Waals surface area (Å²) in [6, 6.07) is 6.43. The fraction of sp³-hybridized carbons (Fsp3) is 0.500. The second kappa shape index (κ2) is 8.51. The number of benzene rings is 1. The average molecular weight is 378 g/mol. The Bertz CT molecular complexity index is 557. The SMILES string of the molecule is CCC(CCNS(=O)(=O)c1ccc(Br)cc1)CCC(=O)O. The number of halogens is 1. The van der Waals surface area contributed by atoms with Crippen molar-refractivity contribution in [2.24, 2.45) is 5.92 Å². The fourth-order valence-corrected chi connectivity index (χ4v) is 3.29. The van der Waals surface area contributed by atoms with Gasteiger partial charge in [-0.15, -0.1) is 0 Å². The maximum atomic E-state index is 12.1. The quantitative estimate of drug-likeness (QED) is 0.692. The summed E-state index contributed by atoms with van der Waals surface area (Å²) in [7, 11) is -3.50. The first-order valence-electron chi connectivity index (χ1n) is 6.82. The molecule has 0 aliphatic rings. The Hall–Kier alpha value is -0.920. The number of carboxylic acids is 1. The van der Waals surface area contributed by atoms with Crippen LogP contribution in [0, 0.1) is 5.92 Å². The standard InChI is InChI=1S/C14H20BrNO4S/c1-2-11(3-8-14(17)18)9-10-16-21(19,20)13-6-4-12(15)5-7-13/h4-7,11,16H,2-3,8-10H2,1H3,(H,17,18). The molecule has 0 aliphatic heterocycles. The molecule has 0 aliphatic carbocycles. The maximum absolute atomic E-state index is 12.1. The molecule has 21 heavy (non-hydrogen) atoms. The van der Waals surface area contributed by atoms with Crippen LogP contribution in [0.1, 0.15) is 32.6 Å². The van der Waals surface area contributed by atoms with E-state index >= 15 is 0 Å². The van der Waals surface area contributed by atoms with Crippen LogP contribution in [0.4, 0.5) is 0 Å². The van der Waals surface area contributed by atoms with Gasteiger partial charge in [0, 0.05) is 17.4 Å². The van der Waals surface area contributed by atoms with Crippen LogP contribution in [-0.4, -0.2) is 26.0 Å². The van der Waals surface area contributed by atoms with Crippen molar-refractivity contribution in [3.63, 3.8) is 0 Å². The highest BCUT2D eigenvalue weighted by Crippen LogP contribution is 2.17. The lowest BCUT2D eigenvalue weighted by atomic mass is 9.97. The Kier molecular flexibility index (Phi) is 7.34. The van der Waals surface area contributed by atoms with Gasteiger partial charge in [0.05, 0.1) is 4.90 Å². The van der Waals surface area contributed by atoms with Crippen molar-refractivity contribution >= 4 is 31.9 Å². The van der Waals surface area contributed by atoms with E-state index in [1.807, 2.05) is 6.92 Å². The summed E-state index contributed by atoms with van der Waals surface area (Å²) in [5, 5.41) is 8.67. The van der Waals surface area contributed by atoms with Crippen molar-refractivity contribution in [3.8, 4) is 0 Å². The molecule has 0 amide bonds. The van der Waals surface area contributed by atoms with Gasteiger partial charge in [-0.25, -0.2) is 13.1 Å². The Morgan fingerprint density at radius 1 is 1.29 bits per heavy atom. The van der Waals surface area contributed by atoms with Crippen LogP contribution in [-0.2, 0) is 14.8 Å². The predicted octanol–water partition coefficient (Wildman–Crippen LogP) is 3.01. The van der Waals surface area contributed by atoms with Crippen LogP contribution in [0.3, 0.4) is 0 Å². The molecule has 1 rings (SSSR count). The Labute approximate surface area is 133 Å². The van der Waals surface area contributed by atoms with E-state index in [0.717, 1.165) is 10.9 Å². The van der Waals surface area contributed by atoms with Gasteiger partial charge in [-0.2, -0.15) is 0 Å². The molecule has 5 nitrogen and oxygen atoms in total. The van der Waals surface area contributed by atoms with Crippen LogP contribution in [0.2, 0.25) is 0 Å². The lowest BCUT2D eigenvalue weighted by Gasteiger charge is -2.14. The zero-order valence-corrected chi connectivity index (χ0v) is 14.3. The third-order valence-corrected chi connectivity index (χ3v) is 5.32. The summed E-state index contributed by atoms with van der Waals surface area (Å²) in [5.41, 5.74) is 0. The van der Waals surface area contributed by atoms with Gasteiger partial charge >= 0.3 is 5.97 Å². The van der Waals surface area contributed by atoms with E-state index in [0.29, 0.717) is 19.4 Å². The molecule has 7 heteroatoms. The third kappa shape index (κ3) is 6.58. The van der Waals surface area contributed by atoms with Gasteiger partial charge in [0.2, 0.25) is 10.0 Å². The molecule has 1 aromatic rings. The Balaban J connectivity index is 2.49. The number of rotatable bonds is 9. The van der Waals surface area contributed by atoms with Gasteiger partial charge in [0.1, 0.15) is 0 Å². The molecule has 0 aromatic heterocycles. The number of aliphatic carboxylic acids is 1. The first-order valence-corrected chi connectivity index (χ1v) is 9.09. The van der Waals surface area contributed by atoms with Crippen LogP contribution in [0.25, 0.3) is 0 Å². The Morgan fingerprint density at radius 3 is 2.43 bits per heavy atom. The zero-order valence-electron chi connectivity index (χ0n) is 11.9. The molecular weight excluding hydrogens is 358 g/mol. The van der Waals surface area contributed by atoms with E-state index in [-0.39, 0.29) is 17.2 Å². The van der Waals surface area contributed by atoms with Crippen molar-refractivity contribution < 1.29 is 18.3 Å². The normalized spacial score (nSPS) is 13.0. The average Bonchev–Trinajstić information content (AvgIpc) is 2.42. The van der Waals surface area contributed by atoms with Crippen LogP contribution >= 0.6 is 15.9 Å². The lowest BCUT2D eigenvalue weighted by molar-refractivity contribution is -0.137. The molecule has 1 unspecified atom stereocenters. The third-order valence-electron chi connectivity index (χ3n) is 3.31. The molecule has 1 aromatic carbocycles. The van der Waals surface area contributed by atoms with Gasteiger partial charge in [0.15, 0.2) is 0 Å². The molecule has 0 saturated carbocycles. The molecular formula is C14H20BrNO4S.